The highest BCUT2D eigenvalue weighted by molar-refractivity contribution is 6.02. The lowest BCUT2D eigenvalue weighted by Gasteiger charge is -2.29. The number of hydrogen-bond donors (Lipinski definition) is 3. The van der Waals surface area contributed by atoms with Gasteiger partial charge in [-0.25, -0.2) is 9.59 Å². The number of aliphatic hydroxyl groups is 1. The number of carboxylic acid groups (broad SMARTS) is 1. The van der Waals surface area contributed by atoms with Gasteiger partial charge in [0.25, 0.3) is 5.91 Å². The molecule has 0 heterocycles. The van der Waals surface area contributed by atoms with E-state index in [2.05, 4.69) is 5.32 Å². The molecule has 0 aliphatic rings. The summed E-state index contributed by atoms with van der Waals surface area (Å²) in [4.78, 5) is 36.4. The van der Waals surface area contributed by atoms with Crippen molar-refractivity contribution in [1.29, 1.82) is 0 Å². The van der Waals surface area contributed by atoms with Crippen LogP contribution in [0.15, 0.2) is 97.1 Å². The maximum Gasteiger partial charge on any atom is 0.414 e. The van der Waals surface area contributed by atoms with Gasteiger partial charge in [0.2, 0.25) is 0 Å². The number of rotatable bonds is 13. The van der Waals surface area contributed by atoms with Gasteiger partial charge in [0.15, 0.2) is 6.10 Å². The van der Waals surface area contributed by atoms with Crippen LogP contribution in [-0.4, -0.2) is 47.5 Å². The first-order chi connectivity index (χ1) is 18.5. The Labute approximate surface area is 220 Å². The molecular weight excluding hydrogens is 490 g/mol. The van der Waals surface area contributed by atoms with Crippen molar-refractivity contribution in [2.75, 3.05) is 13.2 Å². The summed E-state index contributed by atoms with van der Waals surface area (Å²) in [5.41, 5.74) is 0.731. The van der Waals surface area contributed by atoms with Gasteiger partial charge in [-0.2, -0.15) is 0 Å². The molecule has 0 unspecified atom stereocenters. The molecule has 9 heteroatoms. The van der Waals surface area contributed by atoms with Gasteiger partial charge in [-0.1, -0.05) is 60.7 Å². The summed E-state index contributed by atoms with van der Waals surface area (Å²) in [5.74, 6) is -0.858. The molecule has 0 spiro atoms. The Morgan fingerprint density at radius 3 is 2.24 bits per heavy atom. The minimum absolute atomic E-state index is 0.00792. The number of para-hydroxylation sites is 2. The van der Waals surface area contributed by atoms with E-state index in [-0.39, 0.29) is 25.2 Å². The monoisotopic (exact) mass is 519 g/mol. The van der Waals surface area contributed by atoms with Crippen LogP contribution < -0.4 is 14.8 Å². The molecule has 3 rings (SSSR count). The summed E-state index contributed by atoms with van der Waals surface area (Å²) >= 11 is 0. The van der Waals surface area contributed by atoms with E-state index in [4.69, 9.17) is 19.3 Å². The molecular formula is C29H29NO8. The number of aliphatic carboxylic acids is 1. The van der Waals surface area contributed by atoms with Crippen molar-refractivity contribution in [3.63, 3.8) is 0 Å². The van der Waals surface area contributed by atoms with Crippen LogP contribution in [-0.2, 0) is 9.53 Å². The molecule has 0 radical (unpaired) electrons. The van der Waals surface area contributed by atoms with Gasteiger partial charge in [-0.15, -0.1) is 0 Å². The van der Waals surface area contributed by atoms with Gasteiger partial charge in [-0.3, -0.25) is 10.1 Å². The Hall–Kier alpha value is -4.63. The van der Waals surface area contributed by atoms with Crippen molar-refractivity contribution in [1.82, 2.24) is 5.32 Å². The van der Waals surface area contributed by atoms with Crippen LogP contribution in [0.4, 0.5) is 4.79 Å². The Morgan fingerprint density at radius 2 is 1.55 bits per heavy atom. The van der Waals surface area contributed by atoms with E-state index in [1.165, 1.54) is 6.08 Å². The highest BCUT2D eigenvalue weighted by Crippen LogP contribution is 2.34. The number of ether oxygens (including phenoxy) is 3. The molecule has 2 amide bonds. The van der Waals surface area contributed by atoms with E-state index >= 15 is 0 Å². The van der Waals surface area contributed by atoms with Gasteiger partial charge in [-0.05, 0) is 43.2 Å². The van der Waals surface area contributed by atoms with E-state index in [1.807, 2.05) is 6.07 Å². The molecule has 3 aromatic rings. The Kier molecular flexibility index (Phi) is 10.9. The number of carbonyl (C=O) groups is 3. The summed E-state index contributed by atoms with van der Waals surface area (Å²) < 4.78 is 17.7. The standard InChI is InChI=1S/C29H29NO8/c31-19-20-36-24-16-8-7-15-23(24)27(38-29(35)30-28(34)21-11-3-1-4-12-21)25(17-9-10-18-26(32)33)37-22-13-5-2-6-14-22/h1-8,10-16,18,25,27,31H,9,17,19-20H2,(H,32,33)(H,30,34,35)/b18-10+/t25-,27-/m1/s1. The normalized spacial score (nSPS) is 12.3. The number of hydrogen-bond acceptors (Lipinski definition) is 7. The zero-order chi connectivity index (χ0) is 27.2. The average molecular weight is 520 g/mol. The number of carbonyl (C=O) groups excluding carboxylic acids is 2. The molecule has 3 aromatic carbocycles. The SMILES string of the molecule is O=C(O)/C=C/CC[C@@H](Oc1ccccc1)[C@H](OC(=O)NC(=O)c1ccccc1)c1ccccc1OCCO. The fourth-order valence-corrected chi connectivity index (χ4v) is 3.63. The van der Waals surface area contributed by atoms with Crippen LogP contribution >= 0.6 is 0 Å². The molecule has 0 bridgehead atoms. The van der Waals surface area contributed by atoms with E-state index in [1.54, 1.807) is 78.9 Å². The summed E-state index contributed by atoms with van der Waals surface area (Å²) in [5, 5.41) is 20.4. The predicted octanol–water partition coefficient (Wildman–Crippen LogP) is 4.53. The second-order valence-electron chi connectivity index (χ2n) is 8.04. The number of nitrogens with one attached hydrogen (secondary N) is 1. The van der Waals surface area contributed by atoms with E-state index in [9.17, 15) is 19.5 Å². The fraction of sp³-hybridized carbons (Fsp3) is 0.207. The van der Waals surface area contributed by atoms with Crippen molar-refractivity contribution in [3.8, 4) is 11.5 Å². The maximum atomic E-state index is 12.9. The molecule has 0 saturated carbocycles. The van der Waals surface area contributed by atoms with Crippen molar-refractivity contribution < 1.29 is 38.8 Å². The lowest BCUT2D eigenvalue weighted by atomic mass is 9.99. The van der Waals surface area contributed by atoms with E-state index < -0.39 is 30.2 Å². The maximum absolute atomic E-state index is 12.9. The lowest BCUT2D eigenvalue weighted by Crippen LogP contribution is -2.36. The van der Waals surface area contributed by atoms with E-state index in [0.717, 1.165) is 6.08 Å². The number of imide groups is 1. The van der Waals surface area contributed by atoms with Crippen LogP contribution in [0, 0.1) is 0 Å². The first-order valence-corrected chi connectivity index (χ1v) is 12.0. The Balaban J connectivity index is 1.93. The van der Waals surface area contributed by atoms with E-state index in [0.29, 0.717) is 23.5 Å². The number of carboxylic acids is 1. The van der Waals surface area contributed by atoms with Gasteiger partial charge in [0.05, 0.1) is 6.61 Å². The Bertz CT molecular complexity index is 1210. The quantitative estimate of drug-likeness (QED) is 0.281. The van der Waals surface area contributed by atoms with Crippen molar-refractivity contribution in [2.24, 2.45) is 0 Å². The third-order valence-corrected chi connectivity index (χ3v) is 5.31. The molecule has 0 fully saturated rings. The van der Waals surface area contributed by atoms with Gasteiger partial charge < -0.3 is 24.4 Å². The summed E-state index contributed by atoms with van der Waals surface area (Å²) in [6.45, 7) is -0.218. The molecule has 9 nitrogen and oxygen atoms in total. The number of benzene rings is 3. The highest BCUT2D eigenvalue weighted by atomic mass is 16.6. The van der Waals surface area contributed by atoms with Crippen molar-refractivity contribution in [3.05, 3.63) is 108 Å². The minimum atomic E-state index is -1.08. The number of aliphatic hydroxyl groups excluding tert-OH is 1. The second kappa shape index (κ2) is 14.8. The minimum Gasteiger partial charge on any atom is -0.491 e. The zero-order valence-electron chi connectivity index (χ0n) is 20.6. The molecule has 0 aromatic heterocycles. The molecule has 0 aliphatic heterocycles. The third-order valence-electron chi connectivity index (χ3n) is 5.31. The molecule has 3 N–H and O–H groups in total. The first-order valence-electron chi connectivity index (χ1n) is 12.0. The molecule has 38 heavy (non-hydrogen) atoms. The van der Waals surface area contributed by atoms with Gasteiger partial charge >= 0.3 is 12.1 Å². The summed E-state index contributed by atoms with van der Waals surface area (Å²) in [6.07, 6.45) is 0.209. The molecule has 0 aliphatic carbocycles. The largest absolute Gasteiger partial charge is 0.491 e. The van der Waals surface area contributed by atoms with Crippen LogP contribution in [0.2, 0.25) is 0 Å². The zero-order valence-corrected chi connectivity index (χ0v) is 20.6. The molecule has 0 saturated heterocycles. The first kappa shape index (κ1) is 27.9. The molecule has 198 valence electrons. The highest BCUT2D eigenvalue weighted by Gasteiger charge is 2.32. The second-order valence-corrected chi connectivity index (χ2v) is 8.04. The topological polar surface area (TPSA) is 131 Å². The average Bonchev–Trinajstić information content (AvgIpc) is 2.93. The van der Waals surface area contributed by atoms with Gasteiger partial charge in [0.1, 0.15) is 24.2 Å². The third kappa shape index (κ3) is 8.79. The van der Waals surface area contributed by atoms with Crippen LogP contribution in [0.25, 0.3) is 0 Å². The lowest BCUT2D eigenvalue weighted by molar-refractivity contribution is -0.131. The summed E-state index contributed by atoms with van der Waals surface area (Å²) in [7, 11) is 0. The number of alkyl carbamates (subject to hydrolysis) is 1. The number of allylic oxidation sites excluding steroid dienone is 1. The van der Waals surface area contributed by atoms with Crippen LogP contribution in [0.1, 0.15) is 34.9 Å². The van der Waals surface area contributed by atoms with Gasteiger partial charge in [0, 0.05) is 17.2 Å². The fourth-order valence-electron chi connectivity index (χ4n) is 3.63. The Morgan fingerprint density at radius 1 is 0.895 bits per heavy atom. The van der Waals surface area contributed by atoms with Crippen LogP contribution in [0.3, 0.4) is 0 Å². The van der Waals surface area contributed by atoms with Crippen molar-refractivity contribution in [2.45, 2.75) is 25.0 Å². The predicted molar refractivity (Wildman–Crippen MR) is 139 cm³/mol. The van der Waals surface area contributed by atoms with Crippen LogP contribution in [0.5, 0.6) is 11.5 Å². The molecule has 2 atom stereocenters. The number of amides is 2. The smallest absolute Gasteiger partial charge is 0.414 e. The summed E-state index contributed by atoms with van der Waals surface area (Å²) in [6, 6.07) is 23.9. The van der Waals surface area contributed by atoms with Crippen molar-refractivity contribution >= 4 is 18.0 Å².